The summed E-state index contributed by atoms with van der Waals surface area (Å²) in [6.07, 6.45) is 0.929. The highest BCUT2D eigenvalue weighted by atomic mass is 16.6. The lowest BCUT2D eigenvalue weighted by Crippen LogP contribution is -2.30. The van der Waals surface area contributed by atoms with Crippen molar-refractivity contribution in [3.8, 4) is 6.07 Å². The Morgan fingerprint density at radius 3 is 2.44 bits per heavy atom. The van der Waals surface area contributed by atoms with E-state index < -0.39 is 11.7 Å². The summed E-state index contributed by atoms with van der Waals surface area (Å²) in [7, 11) is 0. The molecule has 1 fully saturated rings. The number of nitriles is 1. The molecule has 0 amide bonds. The van der Waals surface area contributed by atoms with Gasteiger partial charge < -0.3 is 19.9 Å². The van der Waals surface area contributed by atoms with Gasteiger partial charge in [-0.1, -0.05) is 60.7 Å². The molecular formula is C26H25N5O3. The highest BCUT2D eigenvalue weighted by Gasteiger charge is 2.50. The Bertz CT molecular complexity index is 1290. The zero-order chi connectivity index (χ0) is 23.4. The van der Waals surface area contributed by atoms with Gasteiger partial charge in [0.1, 0.15) is 24.0 Å². The number of ether oxygens (including phenoxy) is 3. The normalized spacial score (nSPS) is 22.1. The average Bonchev–Trinajstić information content (AvgIpc) is 3.47. The van der Waals surface area contributed by atoms with E-state index in [9.17, 15) is 5.26 Å². The van der Waals surface area contributed by atoms with Gasteiger partial charge in [-0.3, -0.25) is 0 Å². The van der Waals surface area contributed by atoms with Crippen LogP contribution in [0.5, 0.6) is 0 Å². The average molecular weight is 456 g/mol. The van der Waals surface area contributed by atoms with Crippen LogP contribution in [0.1, 0.15) is 23.2 Å². The summed E-state index contributed by atoms with van der Waals surface area (Å²) in [6, 6.07) is 25.9. The van der Waals surface area contributed by atoms with Crippen molar-refractivity contribution in [1.29, 1.82) is 5.26 Å². The predicted molar refractivity (Wildman–Crippen MR) is 125 cm³/mol. The molecule has 34 heavy (non-hydrogen) atoms. The van der Waals surface area contributed by atoms with E-state index in [0.717, 1.165) is 11.1 Å². The second-order valence-corrected chi connectivity index (χ2v) is 8.30. The van der Waals surface area contributed by atoms with Gasteiger partial charge in [-0.2, -0.15) is 10.4 Å². The van der Waals surface area contributed by atoms with E-state index in [4.69, 9.17) is 19.9 Å². The van der Waals surface area contributed by atoms with Gasteiger partial charge in [0.25, 0.3) is 0 Å². The van der Waals surface area contributed by atoms with Crippen LogP contribution in [-0.4, -0.2) is 33.4 Å². The van der Waals surface area contributed by atoms with Crippen molar-refractivity contribution in [2.24, 2.45) is 0 Å². The number of rotatable bonds is 8. The zero-order valence-electron chi connectivity index (χ0n) is 18.6. The molecule has 2 aromatic heterocycles. The van der Waals surface area contributed by atoms with Crippen LogP contribution in [0.4, 0.5) is 5.82 Å². The molecule has 1 aliphatic heterocycles. The number of nitrogen functional groups attached to an aromatic ring is 1. The SMILES string of the molecule is N#CC1(c2ccc3c(N)ncnn23)CC(OCc2ccccc2)C(COCc2ccccc2)O1. The van der Waals surface area contributed by atoms with Crippen LogP contribution in [0, 0.1) is 11.3 Å². The summed E-state index contributed by atoms with van der Waals surface area (Å²) in [4.78, 5) is 4.04. The van der Waals surface area contributed by atoms with Crippen LogP contribution >= 0.6 is 0 Å². The fraction of sp³-hybridized carbons (Fsp3) is 0.269. The van der Waals surface area contributed by atoms with E-state index in [0.29, 0.717) is 36.7 Å². The Morgan fingerprint density at radius 2 is 1.74 bits per heavy atom. The molecule has 3 atom stereocenters. The van der Waals surface area contributed by atoms with E-state index in [-0.39, 0.29) is 12.7 Å². The Labute approximate surface area is 197 Å². The minimum Gasteiger partial charge on any atom is -0.382 e. The lowest BCUT2D eigenvalue weighted by molar-refractivity contribution is -0.0869. The van der Waals surface area contributed by atoms with Crippen LogP contribution in [0.2, 0.25) is 0 Å². The van der Waals surface area contributed by atoms with Gasteiger partial charge in [0.05, 0.1) is 31.6 Å². The maximum Gasteiger partial charge on any atom is 0.199 e. The van der Waals surface area contributed by atoms with Gasteiger partial charge in [-0.15, -0.1) is 0 Å². The summed E-state index contributed by atoms with van der Waals surface area (Å²) < 4.78 is 20.3. The molecule has 0 radical (unpaired) electrons. The number of benzene rings is 2. The summed E-state index contributed by atoms with van der Waals surface area (Å²) in [5.41, 5.74) is 8.09. The third kappa shape index (κ3) is 4.37. The first kappa shape index (κ1) is 22.0. The molecule has 1 aliphatic rings. The molecule has 8 heteroatoms. The minimum absolute atomic E-state index is 0.290. The van der Waals surface area contributed by atoms with Gasteiger partial charge >= 0.3 is 0 Å². The molecule has 1 saturated heterocycles. The maximum atomic E-state index is 10.3. The van der Waals surface area contributed by atoms with E-state index in [1.165, 1.54) is 6.33 Å². The first-order valence-electron chi connectivity index (χ1n) is 11.1. The Kier molecular flexibility index (Phi) is 6.23. The predicted octanol–water partition coefficient (Wildman–Crippen LogP) is 3.62. The van der Waals surface area contributed by atoms with E-state index in [1.807, 2.05) is 66.7 Å². The van der Waals surface area contributed by atoms with Gasteiger partial charge in [0.15, 0.2) is 11.4 Å². The van der Waals surface area contributed by atoms with E-state index >= 15 is 0 Å². The van der Waals surface area contributed by atoms with E-state index in [2.05, 4.69) is 16.2 Å². The smallest absolute Gasteiger partial charge is 0.199 e. The molecule has 4 aromatic rings. The molecule has 0 bridgehead atoms. The van der Waals surface area contributed by atoms with Crippen molar-refractivity contribution in [2.75, 3.05) is 12.3 Å². The van der Waals surface area contributed by atoms with Gasteiger partial charge in [0.2, 0.25) is 0 Å². The van der Waals surface area contributed by atoms with Gasteiger partial charge in [-0.25, -0.2) is 9.50 Å². The van der Waals surface area contributed by atoms with Crippen molar-refractivity contribution in [2.45, 2.75) is 37.4 Å². The molecule has 5 rings (SSSR count). The number of hydrogen-bond acceptors (Lipinski definition) is 7. The highest BCUT2D eigenvalue weighted by molar-refractivity contribution is 5.66. The Morgan fingerprint density at radius 1 is 1.03 bits per heavy atom. The molecule has 2 N–H and O–H groups in total. The van der Waals surface area contributed by atoms with Gasteiger partial charge in [-0.05, 0) is 23.3 Å². The largest absolute Gasteiger partial charge is 0.382 e. The number of fused-ring (bicyclic) bond motifs is 1. The lowest BCUT2D eigenvalue weighted by Gasteiger charge is -2.21. The number of anilines is 1. The van der Waals surface area contributed by atoms with Crippen LogP contribution in [0.15, 0.2) is 79.1 Å². The van der Waals surface area contributed by atoms with Crippen LogP contribution in [0.25, 0.3) is 5.52 Å². The zero-order valence-corrected chi connectivity index (χ0v) is 18.6. The highest BCUT2D eigenvalue weighted by Crippen LogP contribution is 2.41. The minimum atomic E-state index is -1.25. The third-order valence-electron chi connectivity index (χ3n) is 6.03. The second kappa shape index (κ2) is 9.61. The first-order chi connectivity index (χ1) is 16.7. The molecular weight excluding hydrogens is 430 g/mol. The summed E-state index contributed by atoms with van der Waals surface area (Å²) >= 11 is 0. The lowest BCUT2D eigenvalue weighted by atomic mass is 9.96. The standard InChI is InChI=1S/C26H25N5O3/c27-17-26(24-12-11-21-25(28)29-18-30-31(21)24)13-22(33-15-20-9-5-2-6-10-20)23(34-26)16-32-14-19-7-3-1-4-8-19/h1-12,18,22-23H,13-16H2,(H2,28,29,30). The van der Waals surface area contributed by atoms with Crippen molar-refractivity contribution in [3.63, 3.8) is 0 Å². The van der Waals surface area contributed by atoms with Gasteiger partial charge in [0, 0.05) is 6.42 Å². The second-order valence-electron chi connectivity index (χ2n) is 8.30. The summed E-state index contributed by atoms with van der Waals surface area (Å²) in [5.74, 6) is 0.340. The van der Waals surface area contributed by atoms with Crippen LogP contribution < -0.4 is 5.73 Å². The molecule has 172 valence electrons. The van der Waals surface area contributed by atoms with E-state index in [1.54, 1.807) is 10.6 Å². The maximum absolute atomic E-state index is 10.3. The fourth-order valence-corrected chi connectivity index (χ4v) is 4.30. The fourth-order valence-electron chi connectivity index (χ4n) is 4.30. The van der Waals surface area contributed by atoms with Crippen LogP contribution in [-0.2, 0) is 33.0 Å². The first-order valence-corrected chi connectivity index (χ1v) is 11.1. The molecule has 0 spiro atoms. The Balaban J connectivity index is 1.39. The monoisotopic (exact) mass is 455 g/mol. The third-order valence-corrected chi connectivity index (χ3v) is 6.03. The number of aromatic nitrogens is 3. The Hall–Kier alpha value is -3.77. The van der Waals surface area contributed by atoms with Crippen molar-refractivity contribution < 1.29 is 14.2 Å². The summed E-state index contributed by atoms with van der Waals surface area (Å²) in [6.45, 7) is 1.15. The molecule has 2 aromatic carbocycles. The summed E-state index contributed by atoms with van der Waals surface area (Å²) in [5, 5.41) is 14.6. The van der Waals surface area contributed by atoms with Crippen LogP contribution in [0.3, 0.4) is 0 Å². The number of nitrogens with zero attached hydrogens (tertiary/aromatic N) is 4. The number of nitrogens with two attached hydrogens (primary N) is 1. The molecule has 0 aliphatic carbocycles. The topological polar surface area (TPSA) is 108 Å². The quantitative estimate of drug-likeness (QED) is 0.432. The molecule has 3 unspecified atom stereocenters. The molecule has 3 heterocycles. The molecule has 8 nitrogen and oxygen atoms in total. The molecule has 0 saturated carbocycles. The van der Waals surface area contributed by atoms with Crippen molar-refractivity contribution >= 4 is 11.3 Å². The van der Waals surface area contributed by atoms with Crippen molar-refractivity contribution in [1.82, 2.24) is 14.6 Å². The number of hydrogen-bond donors (Lipinski definition) is 1. The van der Waals surface area contributed by atoms with Crippen molar-refractivity contribution in [3.05, 3.63) is 95.9 Å².